The molecule has 39 heavy (non-hydrogen) atoms. The lowest BCUT2D eigenvalue weighted by molar-refractivity contribution is -0.123. The topological polar surface area (TPSA) is 90.0 Å². The lowest BCUT2D eigenvalue weighted by Gasteiger charge is -2.16. The molecule has 1 aliphatic rings. The number of Topliss-reactive ketones (excluding diaryl/α,β-unsaturated/α-hetero) is 1. The van der Waals surface area contributed by atoms with Gasteiger partial charge in [0.2, 0.25) is 5.78 Å². The maximum Gasteiger partial charge on any atom is 0.405 e. The van der Waals surface area contributed by atoms with E-state index in [2.05, 4.69) is 10.1 Å². The van der Waals surface area contributed by atoms with Crippen LogP contribution >= 0.6 is 0 Å². The summed E-state index contributed by atoms with van der Waals surface area (Å²) in [6, 6.07) is 10.6. The predicted molar refractivity (Wildman–Crippen MR) is 140 cm³/mol. The molecular weight excluding hydrogens is 509 g/mol. The molecule has 1 saturated carbocycles. The zero-order valence-electron chi connectivity index (χ0n) is 21.8. The van der Waals surface area contributed by atoms with E-state index in [1.807, 2.05) is 40.5 Å². The van der Waals surface area contributed by atoms with Crippen molar-refractivity contribution in [1.29, 1.82) is 0 Å². The maximum absolute atomic E-state index is 13.2. The van der Waals surface area contributed by atoms with Gasteiger partial charge in [-0.2, -0.15) is 18.3 Å². The van der Waals surface area contributed by atoms with Crippen molar-refractivity contribution in [3.8, 4) is 0 Å². The quantitative estimate of drug-likeness (QED) is 0.277. The summed E-state index contributed by atoms with van der Waals surface area (Å²) in [6.45, 7) is 1.06. The molecule has 206 valence electrons. The van der Waals surface area contributed by atoms with Crippen LogP contribution in [-0.2, 0) is 6.54 Å². The molecule has 2 aromatic heterocycles. The number of ketones is 1. The third kappa shape index (κ3) is 6.32. The summed E-state index contributed by atoms with van der Waals surface area (Å²) >= 11 is 0. The number of hydrogen-bond acceptors (Lipinski definition) is 5. The van der Waals surface area contributed by atoms with Gasteiger partial charge in [-0.1, -0.05) is 31.4 Å². The van der Waals surface area contributed by atoms with Crippen molar-refractivity contribution in [2.24, 2.45) is 11.8 Å². The van der Waals surface area contributed by atoms with Gasteiger partial charge in [-0.15, -0.1) is 0 Å². The van der Waals surface area contributed by atoms with Gasteiger partial charge in [0.1, 0.15) is 12.1 Å². The van der Waals surface area contributed by atoms with Crippen LogP contribution in [0.3, 0.4) is 0 Å². The standard InChI is InChI=1S/C29H31F3N4O3/c1-18-21(27(38)33-17-29(30,31)32)13-14-23-22(18)16-36(35-23)15-19-7-2-3-9-20(10-6-8-19)26(37)28-34-24-11-4-5-12-25(24)39-28/h4-5,11-14,16,19-20H,2-3,6-10,15,17H2,1H3,(H,33,38). The van der Waals surface area contributed by atoms with Crippen LogP contribution in [0.1, 0.15) is 71.6 Å². The number of carbonyl (C=O) groups excluding carboxylic acids is 2. The molecule has 1 N–H and O–H groups in total. The second-order valence-electron chi connectivity index (χ2n) is 10.4. The van der Waals surface area contributed by atoms with Gasteiger partial charge >= 0.3 is 6.18 Å². The Hall–Kier alpha value is -3.69. The number of para-hydroxylation sites is 2. The largest absolute Gasteiger partial charge is 0.434 e. The molecule has 0 bridgehead atoms. The van der Waals surface area contributed by atoms with E-state index in [4.69, 9.17) is 4.42 Å². The van der Waals surface area contributed by atoms with Crippen LogP contribution in [0.4, 0.5) is 13.2 Å². The number of oxazole rings is 1. The lowest BCUT2D eigenvalue weighted by atomic mass is 9.92. The second-order valence-corrected chi connectivity index (χ2v) is 10.4. The monoisotopic (exact) mass is 540 g/mol. The summed E-state index contributed by atoms with van der Waals surface area (Å²) < 4.78 is 45.2. The summed E-state index contributed by atoms with van der Waals surface area (Å²) in [6.07, 6.45) is 3.84. The van der Waals surface area contributed by atoms with Crippen molar-refractivity contribution in [3.05, 3.63) is 59.6 Å². The number of nitrogens with zero attached hydrogens (tertiary/aromatic N) is 3. The first kappa shape index (κ1) is 26.9. The Morgan fingerprint density at radius 2 is 1.77 bits per heavy atom. The van der Waals surface area contributed by atoms with Crippen molar-refractivity contribution in [1.82, 2.24) is 20.1 Å². The van der Waals surface area contributed by atoms with Crippen molar-refractivity contribution >= 4 is 33.7 Å². The minimum Gasteiger partial charge on any atom is -0.434 e. The molecule has 2 unspecified atom stereocenters. The normalized spacial score (nSPS) is 19.0. The fourth-order valence-corrected chi connectivity index (χ4v) is 5.52. The van der Waals surface area contributed by atoms with E-state index < -0.39 is 18.6 Å². The number of fused-ring (bicyclic) bond motifs is 2. The third-order valence-corrected chi connectivity index (χ3v) is 7.60. The first-order chi connectivity index (χ1) is 18.7. The van der Waals surface area contributed by atoms with Crippen molar-refractivity contribution in [3.63, 3.8) is 0 Å². The molecule has 5 rings (SSSR count). The highest BCUT2D eigenvalue weighted by molar-refractivity contribution is 6.00. The number of amides is 1. The Balaban J connectivity index is 1.22. The highest BCUT2D eigenvalue weighted by atomic mass is 19.4. The Kier molecular flexibility index (Phi) is 7.72. The number of alkyl halides is 3. The molecule has 1 fully saturated rings. The summed E-state index contributed by atoms with van der Waals surface area (Å²) in [5.41, 5.74) is 2.84. The molecule has 4 aromatic rings. The molecular formula is C29H31F3N4O3. The second kappa shape index (κ2) is 11.2. The van der Waals surface area contributed by atoms with E-state index in [-0.39, 0.29) is 23.2 Å². The zero-order valence-corrected chi connectivity index (χ0v) is 21.8. The van der Waals surface area contributed by atoms with Crippen LogP contribution in [-0.4, -0.2) is 39.2 Å². The van der Waals surface area contributed by atoms with Crippen LogP contribution in [0.15, 0.2) is 47.0 Å². The molecule has 0 radical (unpaired) electrons. The summed E-state index contributed by atoms with van der Waals surface area (Å²) in [7, 11) is 0. The lowest BCUT2D eigenvalue weighted by Crippen LogP contribution is -2.34. The fraction of sp³-hybridized carbons (Fsp3) is 0.448. The minimum absolute atomic E-state index is 0.0199. The van der Waals surface area contributed by atoms with Gasteiger partial charge in [-0.25, -0.2) is 4.98 Å². The van der Waals surface area contributed by atoms with E-state index in [0.717, 1.165) is 50.3 Å². The summed E-state index contributed by atoms with van der Waals surface area (Å²) in [4.78, 5) is 29.9. The first-order valence-electron chi connectivity index (χ1n) is 13.4. The Bertz CT molecular complexity index is 1460. The average Bonchev–Trinajstić information content (AvgIpc) is 3.54. The Morgan fingerprint density at radius 3 is 2.56 bits per heavy atom. The zero-order chi connectivity index (χ0) is 27.6. The number of benzene rings is 2. The Morgan fingerprint density at radius 1 is 1.03 bits per heavy atom. The predicted octanol–water partition coefficient (Wildman–Crippen LogP) is 6.64. The van der Waals surface area contributed by atoms with E-state index >= 15 is 0 Å². The van der Waals surface area contributed by atoms with Gasteiger partial charge in [0.05, 0.1) is 5.52 Å². The van der Waals surface area contributed by atoms with Crippen molar-refractivity contribution in [2.75, 3.05) is 6.54 Å². The highest BCUT2D eigenvalue weighted by Gasteiger charge is 2.29. The molecule has 10 heteroatoms. The number of hydrogen-bond donors (Lipinski definition) is 1. The molecule has 0 spiro atoms. The number of nitrogens with one attached hydrogen (secondary N) is 1. The van der Waals surface area contributed by atoms with Crippen LogP contribution in [0.2, 0.25) is 0 Å². The van der Waals surface area contributed by atoms with Crippen LogP contribution in [0.5, 0.6) is 0 Å². The molecule has 2 aromatic carbocycles. The summed E-state index contributed by atoms with van der Waals surface area (Å²) in [5.74, 6) is -0.297. The highest BCUT2D eigenvalue weighted by Crippen LogP contribution is 2.30. The summed E-state index contributed by atoms with van der Waals surface area (Å²) in [5, 5.41) is 7.36. The van der Waals surface area contributed by atoms with Gasteiger partial charge in [-0.3, -0.25) is 14.3 Å². The van der Waals surface area contributed by atoms with E-state index in [1.54, 1.807) is 13.0 Å². The first-order valence-corrected chi connectivity index (χ1v) is 13.4. The van der Waals surface area contributed by atoms with Crippen LogP contribution in [0, 0.1) is 18.8 Å². The Labute approximate surface area is 223 Å². The number of aryl methyl sites for hydroxylation is 1. The minimum atomic E-state index is -4.47. The number of carbonyl (C=O) groups is 2. The fourth-order valence-electron chi connectivity index (χ4n) is 5.52. The van der Waals surface area contributed by atoms with E-state index in [9.17, 15) is 22.8 Å². The van der Waals surface area contributed by atoms with Gasteiger partial charge < -0.3 is 9.73 Å². The molecule has 1 amide bonds. The third-order valence-electron chi connectivity index (χ3n) is 7.60. The molecule has 2 heterocycles. The molecule has 2 atom stereocenters. The van der Waals surface area contributed by atoms with Crippen LogP contribution in [0.25, 0.3) is 22.0 Å². The van der Waals surface area contributed by atoms with Crippen molar-refractivity contribution < 1.29 is 27.2 Å². The molecule has 0 saturated heterocycles. The van der Waals surface area contributed by atoms with E-state index in [1.165, 1.54) is 6.07 Å². The average molecular weight is 541 g/mol. The number of aromatic nitrogens is 3. The van der Waals surface area contributed by atoms with Gasteiger partial charge in [0.15, 0.2) is 5.58 Å². The van der Waals surface area contributed by atoms with Crippen molar-refractivity contribution in [2.45, 2.75) is 64.6 Å². The number of halogens is 3. The SMILES string of the molecule is Cc1c(C(=O)NCC(F)(F)F)ccc2nn(CC3CCCCC(C(=O)c4nc5ccccc5o4)CCC3)cc12. The molecule has 1 aliphatic carbocycles. The van der Waals surface area contributed by atoms with Gasteiger partial charge in [-0.05, 0) is 68.4 Å². The molecule has 7 nitrogen and oxygen atoms in total. The molecule has 0 aliphatic heterocycles. The van der Waals surface area contributed by atoms with Gasteiger partial charge in [0.25, 0.3) is 11.8 Å². The smallest absolute Gasteiger partial charge is 0.405 e. The van der Waals surface area contributed by atoms with Crippen LogP contribution < -0.4 is 5.32 Å². The maximum atomic E-state index is 13.2. The number of rotatable bonds is 6. The van der Waals surface area contributed by atoms with E-state index in [0.29, 0.717) is 34.6 Å². The van der Waals surface area contributed by atoms with Gasteiger partial charge in [0, 0.05) is 29.6 Å².